The Hall–Kier alpha value is -1.83. The highest BCUT2D eigenvalue weighted by molar-refractivity contribution is 5.36. The van der Waals surface area contributed by atoms with Crippen LogP contribution in [0.1, 0.15) is 18.7 Å². The van der Waals surface area contributed by atoms with E-state index < -0.39 is 5.41 Å². The third kappa shape index (κ3) is 1.48. The Morgan fingerprint density at radius 1 is 1.40 bits per heavy atom. The molecule has 1 fully saturated rings. The standard InChI is InChI=1S/C10H11N3O2/c1-14-7-5-12-9(13-8(7)15-2)10(6-11)3-4-10/h5H,3-4H2,1-2H3. The summed E-state index contributed by atoms with van der Waals surface area (Å²) in [4.78, 5) is 8.31. The zero-order valence-corrected chi connectivity index (χ0v) is 8.65. The minimum absolute atomic E-state index is 0.379. The van der Waals surface area contributed by atoms with Gasteiger partial charge in [0, 0.05) is 0 Å². The Bertz CT molecular complexity index is 421. The quantitative estimate of drug-likeness (QED) is 0.737. The van der Waals surface area contributed by atoms with Gasteiger partial charge in [-0.1, -0.05) is 0 Å². The van der Waals surface area contributed by atoms with Crippen LogP contribution in [0, 0.1) is 11.3 Å². The van der Waals surface area contributed by atoms with E-state index in [0.29, 0.717) is 17.5 Å². The van der Waals surface area contributed by atoms with E-state index in [-0.39, 0.29) is 0 Å². The second-order valence-corrected chi connectivity index (χ2v) is 3.47. The van der Waals surface area contributed by atoms with Crippen molar-refractivity contribution >= 4 is 0 Å². The van der Waals surface area contributed by atoms with Gasteiger partial charge in [-0.3, -0.25) is 0 Å². The first-order valence-corrected chi connectivity index (χ1v) is 4.62. The van der Waals surface area contributed by atoms with Crippen LogP contribution in [0.25, 0.3) is 0 Å². The average Bonchev–Trinajstić information content (AvgIpc) is 3.09. The lowest BCUT2D eigenvalue weighted by Crippen LogP contribution is -2.10. The fourth-order valence-corrected chi connectivity index (χ4v) is 1.38. The van der Waals surface area contributed by atoms with E-state index in [1.165, 1.54) is 14.2 Å². The van der Waals surface area contributed by atoms with Crippen LogP contribution in [0.3, 0.4) is 0 Å². The number of ether oxygens (including phenoxy) is 2. The minimum Gasteiger partial charge on any atom is -0.490 e. The fraction of sp³-hybridized carbons (Fsp3) is 0.500. The number of methoxy groups -OCH3 is 2. The van der Waals surface area contributed by atoms with Gasteiger partial charge in [0.1, 0.15) is 5.41 Å². The monoisotopic (exact) mass is 205 g/mol. The van der Waals surface area contributed by atoms with Crippen molar-refractivity contribution in [1.29, 1.82) is 5.26 Å². The van der Waals surface area contributed by atoms with Crippen LogP contribution >= 0.6 is 0 Å². The molecule has 0 unspecified atom stereocenters. The Balaban J connectivity index is 2.40. The van der Waals surface area contributed by atoms with Crippen molar-refractivity contribution < 1.29 is 9.47 Å². The lowest BCUT2D eigenvalue weighted by molar-refractivity contribution is 0.338. The van der Waals surface area contributed by atoms with Crippen LogP contribution in [0.5, 0.6) is 11.6 Å². The Morgan fingerprint density at radius 2 is 2.13 bits per heavy atom. The van der Waals surface area contributed by atoms with Crippen LogP contribution in [-0.4, -0.2) is 24.2 Å². The Labute approximate surface area is 87.7 Å². The molecule has 5 heteroatoms. The van der Waals surface area contributed by atoms with Crippen molar-refractivity contribution in [3.8, 4) is 17.7 Å². The van der Waals surface area contributed by atoms with Crippen molar-refractivity contribution in [2.45, 2.75) is 18.3 Å². The molecule has 0 aromatic carbocycles. The van der Waals surface area contributed by atoms with Gasteiger partial charge in [0.2, 0.25) is 0 Å². The molecule has 0 radical (unpaired) electrons. The SMILES string of the molecule is COc1cnc(C2(C#N)CC2)nc1OC. The van der Waals surface area contributed by atoms with Crippen LogP contribution in [0.15, 0.2) is 6.20 Å². The molecular weight excluding hydrogens is 194 g/mol. The van der Waals surface area contributed by atoms with E-state index in [0.717, 1.165) is 12.8 Å². The van der Waals surface area contributed by atoms with Gasteiger partial charge in [-0.2, -0.15) is 10.2 Å². The molecule has 0 atom stereocenters. The molecule has 1 saturated carbocycles. The summed E-state index contributed by atoms with van der Waals surface area (Å²) in [6.45, 7) is 0. The third-order valence-electron chi connectivity index (χ3n) is 2.53. The minimum atomic E-state index is -0.487. The molecule has 5 nitrogen and oxygen atoms in total. The van der Waals surface area contributed by atoms with E-state index in [1.54, 1.807) is 6.20 Å². The molecule has 0 spiro atoms. The molecule has 1 aromatic heterocycles. The smallest absolute Gasteiger partial charge is 0.260 e. The van der Waals surface area contributed by atoms with E-state index in [1.807, 2.05) is 0 Å². The summed E-state index contributed by atoms with van der Waals surface area (Å²) in [5, 5.41) is 9.00. The number of nitrogens with zero attached hydrogens (tertiary/aromatic N) is 3. The highest BCUT2D eigenvalue weighted by Gasteiger charge is 2.48. The summed E-state index contributed by atoms with van der Waals surface area (Å²) in [6.07, 6.45) is 3.18. The Morgan fingerprint density at radius 3 is 2.60 bits per heavy atom. The van der Waals surface area contributed by atoms with Crippen molar-refractivity contribution in [2.75, 3.05) is 14.2 Å². The van der Waals surface area contributed by atoms with Gasteiger partial charge in [0.05, 0.1) is 26.5 Å². The average molecular weight is 205 g/mol. The van der Waals surface area contributed by atoms with Gasteiger partial charge < -0.3 is 9.47 Å². The maximum Gasteiger partial charge on any atom is 0.260 e. The number of nitriles is 1. The molecular formula is C10H11N3O2. The molecule has 1 aliphatic carbocycles. The Kier molecular flexibility index (Phi) is 2.19. The van der Waals surface area contributed by atoms with Crippen molar-refractivity contribution in [3.05, 3.63) is 12.0 Å². The van der Waals surface area contributed by atoms with Crippen LogP contribution in [0.2, 0.25) is 0 Å². The number of hydrogen-bond acceptors (Lipinski definition) is 5. The summed E-state index contributed by atoms with van der Waals surface area (Å²) in [5.74, 6) is 1.39. The fourth-order valence-electron chi connectivity index (χ4n) is 1.38. The van der Waals surface area contributed by atoms with Gasteiger partial charge >= 0.3 is 0 Å². The molecule has 1 aromatic rings. The lowest BCUT2D eigenvalue weighted by Gasteiger charge is -2.09. The van der Waals surface area contributed by atoms with Crippen molar-refractivity contribution in [3.63, 3.8) is 0 Å². The summed E-state index contributed by atoms with van der Waals surface area (Å²) in [6, 6.07) is 2.24. The van der Waals surface area contributed by atoms with E-state index >= 15 is 0 Å². The summed E-state index contributed by atoms with van der Waals surface area (Å²) in [5.41, 5.74) is -0.487. The highest BCUT2D eigenvalue weighted by Crippen LogP contribution is 2.46. The van der Waals surface area contributed by atoms with Gasteiger partial charge in [-0.25, -0.2) is 4.98 Å². The van der Waals surface area contributed by atoms with Crippen molar-refractivity contribution in [2.24, 2.45) is 0 Å². The summed E-state index contributed by atoms with van der Waals surface area (Å²) >= 11 is 0. The second kappa shape index (κ2) is 3.39. The second-order valence-electron chi connectivity index (χ2n) is 3.47. The van der Waals surface area contributed by atoms with E-state index in [9.17, 15) is 0 Å². The third-order valence-corrected chi connectivity index (χ3v) is 2.53. The largest absolute Gasteiger partial charge is 0.490 e. The maximum atomic E-state index is 9.00. The lowest BCUT2D eigenvalue weighted by atomic mass is 10.1. The zero-order valence-electron chi connectivity index (χ0n) is 8.65. The molecule has 2 rings (SSSR count). The van der Waals surface area contributed by atoms with Crippen LogP contribution in [-0.2, 0) is 5.41 Å². The molecule has 0 aliphatic heterocycles. The van der Waals surface area contributed by atoms with E-state index in [2.05, 4.69) is 16.0 Å². The summed E-state index contributed by atoms with van der Waals surface area (Å²) < 4.78 is 10.1. The molecule has 0 saturated heterocycles. The molecule has 1 heterocycles. The van der Waals surface area contributed by atoms with Gasteiger partial charge in [-0.15, -0.1) is 0 Å². The number of rotatable bonds is 3. The van der Waals surface area contributed by atoms with Gasteiger partial charge in [0.25, 0.3) is 5.88 Å². The molecule has 0 N–H and O–H groups in total. The first-order valence-electron chi connectivity index (χ1n) is 4.62. The molecule has 1 aliphatic rings. The van der Waals surface area contributed by atoms with Crippen LogP contribution < -0.4 is 9.47 Å². The predicted molar refractivity (Wildman–Crippen MR) is 51.7 cm³/mol. The molecule has 15 heavy (non-hydrogen) atoms. The molecule has 78 valence electrons. The zero-order chi connectivity index (χ0) is 10.9. The van der Waals surface area contributed by atoms with Crippen molar-refractivity contribution in [1.82, 2.24) is 9.97 Å². The van der Waals surface area contributed by atoms with Crippen LogP contribution in [0.4, 0.5) is 0 Å². The molecule has 0 amide bonds. The van der Waals surface area contributed by atoms with Gasteiger partial charge in [0.15, 0.2) is 11.6 Å². The topological polar surface area (TPSA) is 68.0 Å². The first-order chi connectivity index (χ1) is 7.25. The maximum absolute atomic E-state index is 9.00. The normalized spacial score (nSPS) is 16.6. The summed E-state index contributed by atoms with van der Waals surface area (Å²) in [7, 11) is 3.04. The van der Waals surface area contributed by atoms with Gasteiger partial charge in [-0.05, 0) is 12.8 Å². The number of hydrogen-bond donors (Lipinski definition) is 0. The van der Waals surface area contributed by atoms with E-state index in [4.69, 9.17) is 14.7 Å². The molecule has 0 bridgehead atoms. The predicted octanol–water partition coefficient (Wildman–Crippen LogP) is 1.05. The highest BCUT2D eigenvalue weighted by atomic mass is 16.5. The number of aromatic nitrogens is 2. The first kappa shape index (κ1) is 9.71.